The lowest BCUT2D eigenvalue weighted by molar-refractivity contribution is -0.131. The van der Waals surface area contributed by atoms with Crippen molar-refractivity contribution in [3.8, 4) is 0 Å². The van der Waals surface area contributed by atoms with Gasteiger partial charge in [0.05, 0.1) is 17.9 Å². The third-order valence-corrected chi connectivity index (χ3v) is 3.38. The first-order valence-corrected chi connectivity index (χ1v) is 6.73. The number of rotatable bonds is 4. The van der Waals surface area contributed by atoms with E-state index in [1.165, 1.54) is 0 Å². The summed E-state index contributed by atoms with van der Waals surface area (Å²) in [6.45, 7) is 3.05. The number of nitrogens with one attached hydrogen (secondary N) is 3. The van der Waals surface area contributed by atoms with Crippen molar-refractivity contribution >= 4 is 23.2 Å². The van der Waals surface area contributed by atoms with Crippen LogP contribution in [-0.4, -0.2) is 49.4 Å². The molecule has 6 nitrogen and oxygen atoms in total. The lowest BCUT2D eigenvalue weighted by atomic mass is 10.1. The number of para-hydroxylation sites is 2. The topological polar surface area (TPSA) is 73.5 Å². The van der Waals surface area contributed by atoms with E-state index in [0.717, 1.165) is 11.4 Å². The molecule has 108 valence electrons. The molecule has 1 aliphatic rings. The molecule has 1 atom stereocenters. The SMILES string of the molecule is CCN(C)C(=O)CNC(=O)C1CNc2ccccc2N1. The van der Waals surface area contributed by atoms with Gasteiger partial charge in [-0.05, 0) is 19.1 Å². The predicted octanol–water partition coefficient (Wildman–Crippen LogP) is 0.487. The Morgan fingerprint density at radius 2 is 2.05 bits per heavy atom. The summed E-state index contributed by atoms with van der Waals surface area (Å²) >= 11 is 0. The second kappa shape index (κ2) is 6.27. The van der Waals surface area contributed by atoms with Crippen LogP contribution in [0.5, 0.6) is 0 Å². The van der Waals surface area contributed by atoms with Gasteiger partial charge in [0.2, 0.25) is 11.8 Å². The van der Waals surface area contributed by atoms with Gasteiger partial charge >= 0.3 is 0 Å². The van der Waals surface area contributed by atoms with Crippen LogP contribution in [0.1, 0.15) is 6.92 Å². The molecule has 0 saturated carbocycles. The fourth-order valence-electron chi connectivity index (χ4n) is 1.97. The van der Waals surface area contributed by atoms with Crippen molar-refractivity contribution in [2.45, 2.75) is 13.0 Å². The zero-order chi connectivity index (χ0) is 14.5. The summed E-state index contributed by atoms with van der Waals surface area (Å²) in [5.74, 6) is -0.269. The standard InChI is InChI=1S/C14H20N4O2/c1-3-18(2)13(19)9-16-14(20)12-8-15-10-6-4-5-7-11(10)17-12/h4-7,12,15,17H,3,8-9H2,1-2H3,(H,16,20). The largest absolute Gasteiger partial charge is 0.381 e. The van der Waals surface area contributed by atoms with Gasteiger partial charge in [0.1, 0.15) is 6.04 Å². The van der Waals surface area contributed by atoms with Crippen molar-refractivity contribution in [2.24, 2.45) is 0 Å². The number of benzene rings is 1. The normalized spacial score (nSPS) is 16.4. The Morgan fingerprint density at radius 3 is 2.75 bits per heavy atom. The number of hydrogen-bond acceptors (Lipinski definition) is 4. The van der Waals surface area contributed by atoms with Crippen LogP contribution in [0.3, 0.4) is 0 Å². The summed E-state index contributed by atoms with van der Waals surface area (Å²) in [4.78, 5) is 25.2. The number of hydrogen-bond donors (Lipinski definition) is 3. The Hall–Kier alpha value is -2.24. The third-order valence-electron chi connectivity index (χ3n) is 3.38. The van der Waals surface area contributed by atoms with Crippen molar-refractivity contribution < 1.29 is 9.59 Å². The molecule has 0 fully saturated rings. The molecule has 0 radical (unpaired) electrons. The predicted molar refractivity (Wildman–Crippen MR) is 78.7 cm³/mol. The lowest BCUT2D eigenvalue weighted by Crippen LogP contribution is -2.48. The molecule has 1 aliphatic heterocycles. The Morgan fingerprint density at radius 1 is 1.35 bits per heavy atom. The second-order valence-electron chi connectivity index (χ2n) is 4.75. The highest BCUT2D eigenvalue weighted by atomic mass is 16.2. The van der Waals surface area contributed by atoms with Crippen LogP contribution in [0.2, 0.25) is 0 Å². The molecule has 0 aliphatic carbocycles. The van der Waals surface area contributed by atoms with Crippen LogP contribution in [0, 0.1) is 0 Å². The van der Waals surface area contributed by atoms with E-state index in [0.29, 0.717) is 13.1 Å². The fraction of sp³-hybridized carbons (Fsp3) is 0.429. The molecule has 2 rings (SSSR count). The molecule has 0 spiro atoms. The van der Waals surface area contributed by atoms with E-state index in [4.69, 9.17) is 0 Å². The van der Waals surface area contributed by atoms with E-state index in [-0.39, 0.29) is 24.4 Å². The quantitative estimate of drug-likeness (QED) is 0.748. The number of carbonyl (C=O) groups is 2. The van der Waals surface area contributed by atoms with Gasteiger partial charge in [-0.25, -0.2) is 0 Å². The smallest absolute Gasteiger partial charge is 0.244 e. The molecule has 6 heteroatoms. The molecule has 20 heavy (non-hydrogen) atoms. The number of anilines is 2. The lowest BCUT2D eigenvalue weighted by Gasteiger charge is -2.27. The van der Waals surface area contributed by atoms with E-state index >= 15 is 0 Å². The van der Waals surface area contributed by atoms with Gasteiger partial charge in [0, 0.05) is 20.1 Å². The van der Waals surface area contributed by atoms with E-state index < -0.39 is 0 Å². The molecule has 2 amide bonds. The van der Waals surface area contributed by atoms with Gasteiger partial charge in [0.25, 0.3) is 0 Å². The minimum atomic E-state index is -0.371. The first-order chi connectivity index (χ1) is 9.61. The number of amides is 2. The highest BCUT2D eigenvalue weighted by Gasteiger charge is 2.23. The van der Waals surface area contributed by atoms with Gasteiger partial charge in [-0.1, -0.05) is 12.1 Å². The molecule has 3 N–H and O–H groups in total. The highest BCUT2D eigenvalue weighted by Crippen LogP contribution is 2.24. The van der Waals surface area contributed by atoms with E-state index in [2.05, 4.69) is 16.0 Å². The minimum Gasteiger partial charge on any atom is -0.381 e. The maximum absolute atomic E-state index is 12.0. The van der Waals surface area contributed by atoms with Crippen LogP contribution in [-0.2, 0) is 9.59 Å². The number of carbonyl (C=O) groups excluding carboxylic acids is 2. The maximum Gasteiger partial charge on any atom is 0.244 e. The molecule has 1 aromatic rings. The number of likely N-dealkylation sites (N-methyl/N-ethyl adjacent to an activating group) is 1. The van der Waals surface area contributed by atoms with Crippen LogP contribution in [0.4, 0.5) is 11.4 Å². The van der Waals surface area contributed by atoms with Crippen molar-refractivity contribution in [2.75, 3.05) is 37.3 Å². The minimum absolute atomic E-state index is 0.0308. The summed E-state index contributed by atoms with van der Waals surface area (Å²) in [6.07, 6.45) is 0. The molecule has 1 heterocycles. The summed E-state index contributed by atoms with van der Waals surface area (Å²) in [5.41, 5.74) is 1.88. The Kier molecular flexibility index (Phi) is 4.45. The van der Waals surface area contributed by atoms with Crippen LogP contribution in [0.15, 0.2) is 24.3 Å². The van der Waals surface area contributed by atoms with Gasteiger partial charge < -0.3 is 20.9 Å². The summed E-state index contributed by atoms with van der Waals surface area (Å²) in [7, 11) is 1.71. The summed E-state index contributed by atoms with van der Waals surface area (Å²) in [6, 6.07) is 7.35. The molecule has 0 bridgehead atoms. The zero-order valence-corrected chi connectivity index (χ0v) is 11.8. The van der Waals surface area contributed by atoms with Crippen molar-refractivity contribution in [1.29, 1.82) is 0 Å². The first-order valence-electron chi connectivity index (χ1n) is 6.73. The molecular formula is C14H20N4O2. The molecular weight excluding hydrogens is 256 g/mol. The maximum atomic E-state index is 12.0. The second-order valence-corrected chi connectivity index (χ2v) is 4.75. The van der Waals surface area contributed by atoms with Crippen LogP contribution in [0.25, 0.3) is 0 Å². The Balaban J connectivity index is 1.87. The third kappa shape index (κ3) is 3.20. The summed E-state index contributed by atoms with van der Waals surface area (Å²) in [5, 5.41) is 9.03. The van der Waals surface area contributed by atoms with Gasteiger partial charge in [0.15, 0.2) is 0 Å². The molecule has 1 aromatic carbocycles. The highest BCUT2D eigenvalue weighted by molar-refractivity contribution is 5.91. The average molecular weight is 276 g/mol. The van der Waals surface area contributed by atoms with Crippen LogP contribution < -0.4 is 16.0 Å². The Bertz CT molecular complexity index is 504. The van der Waals surface area contributed by atoms with Gasteiger partial charge in [-0.2, -0.15) is 0 Å². The number of fused-ring (bicyclic) bond motifs is 1. The average Bonchev–Trinajstić information content (AvgIpc) is 2.50. The van der Waals surface area contributed by atoms with Gasteiger partial charge in [-0.3, -0.25) is 9.59 Å². The summed E-state index contributed by atoms with van der Waals surface area (Å²) < 4.78 is 0. The Labute approximate surface area is 118 Å². The van der Waals surface area contributed by atoms with E-state index in [9.17, 15) is 9.59 Å². The van der Waals surface area contributed by atoms with Crippen molar-refractivity contribution in [3.63, 3.8) is 0 Å². The van der Waals surface area contributed by atoms with Crippen molar-refractivity contribution in [1.82, 2.24) is 10.2 Å². The zero-order valence-electron chi connectivity index (χ0n) is 11.8. The van der Waals surface area contributed by atoms with Crippen molar-refractivity contribution in [3.05, 3.63) is 24.3 Å². The monoisotopic (exact) mass is 276 g/mol. The van der Waals surface area contributed by atoms with Gasteiger partial charge in [-0.15, -0.1) is 0 Å². The molecule has 0 aromatic heterocycles. The first kappa shape index (κ1) is 14.2. The number of nitrogens with zero attached hydrogens (tertiary/aromatic N) is 1. The molecule has 1 unspecified atom stereocenters. The van der Waals surface area contributed by atoms with E-state index in [1.807, 2.05) is 31.2 Å². The molecule has 0 saturated heterocycles. The fourth-order valence-corrected chi connectivity index (χ4v) is 1.97. The van der Waals surface area contributed by atoms with E-state index in [1.54, 1.807) is 11.9 Å². The van der Waals surface area contributed by atoms with Crippen LogP contribution >= 0.6 is 0 Å².